The van der Waals surface area contributed by atoms with Gasteiger partial charge < -0.3 is 5.32 Å². The Labute approximate surface area is 139 Å². The van der Waals surface area contributed by atoms with E-state index in [2.05, 4.69) is 5.32 Å². The number of rotatable bonds is 4. The third-order valence-corrected chi connectivity index (χ3v) is 3.53. The second-order valence-electron chi connectivity index (χ2n) is 4.85. The molecule has 0 saturated heterocycles. The number of carbonyl (C=O) groups excluding carboxylic acids is 1. The Morgan fingerprint density at radius 1 is 1.30 bits per heavy atom. The fourth-order valence-corrected chi connectivity index (χ4v) is 2.12. The quantitative estimate of drug-likeness (QED) is 0.659. The van der Waals surface area contributed by atoms with Crippen LogP contribution >= 0.6 is 11.6 Å². The van der Waals surface area contributed by atoms with E-state index >= 15 is 0 Å². The Morgan fingerprint density at radius 3 is 2.57 bits per heavy atom. The second-order valence-corrected chi connectivity index (χ2v) is 5.26. The lowest BCUT2D eigenvalue weighted by molar-refractivity contribution is -0.112. The fraction of sp³-hybridized carbons (Fsp3) is 0.111. The van der Waals surface area contributed by atoms with Crippen molar-refractivity contribution in [2.24, 2.45) is 0 Å². The average molecular weight is 329 g/mol. The van der Waals surface area contributed by atoms with E-state index in [4.69, 9.17) is 11.6 Å². The maximum Gasteiger partial charge on any atom is 0.266 e. The van der Waals surface area contributed by atoms with Crippen LogP contribution in [0.4, 0.5) is 10.1 Å². The van der Waals surface area contributed by atoms with E-state index in [1.54, 1.807) is 0 Å². The zero-order valence-electron chi connectivity index (χ0n) is 12.4. The van der Waals surface area contributed by atoms with Gasteiger partial charge >= 0.3 is 0 Å². The van der Waals surface area contributed by atoms with Crippen LogP contribution in [0.25, 0.3) is 6.08 Å². The van der Waals surface area contributed by atoms with Crippen LogP contribution in [0.3, 0.4) is 0 Å². The Hall–Kier alpha value is -2.64. The first-order valence-electron chi connectivity index (χ1n) is 7.00. The topological polar surface area (TPSA) is 52.9 Å². The van der Waals surface area contributed by atoms with Crippen LogP contribution < -0.4 is 5.32 Å². The van der Waals surface area contributed by atoms with E-state index < -0.39 is 11.7 Å². The molecule has 0 bridgehead atoms. The zero-order valence-corrected chi connectivity index (χ0v) is 13.2. The summed E-state index contributed by atoms with van der Waals surface area (Å²) < 4.78 is 13.1. The molecule has 0 aliphatic carbocycles. The van der Waals surface area contributed by atoms with Gasteiger partial charge in [0.1, 0.15) is 17.5 Å². The van der Waals surface area contributed by atoms with Crippen molar-refractivity contribution in [2.75, 3.05) is 5.32 Å². The Kier molecular flexibility index (Phi) is 5.51. The van der Waals surface area contributed by atoms with Crippen molar-refractivity contribution in [1.82, 2.24) is 0 Å². The molecule has 1 N–H and O–H groups in total. The van der Waals surface area contributed by atoms with Gasteiger partial charge in [0.25, 0.3) is 5.91 Å². The van der Waals surface area contributed by atoms with Crippen molar-refractivity contribution >= 4 is 29.3 Å². The molecule has 0 spiro atoms. The van der Waals surface area contributed by atoms with Crippen LogP contribution in [0.15, 0.2) is 48.0 Å². The fourth-order valence-electron chi connectivity index (χ4n) is 1.94. The molecule has 0 unspecified atom stereocenters. The van der Waals surface area contributed by atoms with E-state index in [9.17, 15) is 14.4 Å². The van der Waals surface area contributed by atoms with Gasteiger partial charge in [0.05, 0.1) is 5.02 Å². The van der Waals surface area contributed by atoms with Crippen molar-refractivity contribution < 1.29 is 9.18 Å². The van der Waals surface area contributed by atoms with Crippen LogP contribution in [-0.4, -0.2) is 5.91 Å². The van der Waals surface area contributed by atoms with Crippen LogP contribution in [0.1, 0.15) is 18.1 Å². The number of hydrogen-bond donors (Lipinski definition) is 1. The normalized spacial score (nSPS) is 11.0. The molecule has 0 radical (unpaired) electrons. The van der Waals surface area contributed by atoms with Gasteiger partial charge in [0, 0.05) is 5.69 Å². The lowest BCUT2D eigenvalue weighted by Gasteiger charge is -2.05. The Bertz CT molecular complexity index is 792. The number of hydrogen-bond acceptors (Lipinski definition) is 2. The summed E-state index contributed by atoms with van der Waals surface area (Å²) in [5, 5.41) is 11.6. The first-order valence-corrected chi connectivity index (χ1v) is 7.38. The standard InChI is InChI=1S/C18H14ClFN2O/c1-2-12-3-5-13(6-4-12)9-14(11-21)18(23)22-15-7-8-17(20)16(19)10-15/h3-10H,2H2,1H3,(H,22,23)/b14-9+. The molecule has 0 saturated carbocycles. The molecule has 23 heavy (non-hydrogen) atoms. The monoisotopic (exact) mass is 328 g/mol. The van der Waals surface area contributed by atoms with Gasteiger partial charge in [-0.05, 0) is 41.8 Å². The van der Waals surface area contributed by atoms with Crippen LogP contribution in [0.5, 0.6) is 0 Å². The molecular weight excluding hydrogens is 315 g/mol. The average Bonchev–Trinajstić information content (AvgIpc) is 2.56. The van der Waals surface area contributed by atoms with Gasteiger partial charge in [-0.25, -0.2) is 4.39 Å². The summed E-state index contributed by atoms with van der Waals surface area (Å²) in [6, 6.07) is 13.3. The minimum absolute atomic E-state index is 0.0466. The number of anilines is 1. The molecule has 3 nitrogen and oxygen atoms in total. The predicted octanol–water partition coefficient (Wildman–Crippen LogP) is 4.59. The maximum atomic E-state index is 13.1. The summed E-state index contributed by atoms with van der Waals surface area (Å²) in [6.07, 6.45) is 2.42. The Balaban J connectivity index is 2.18. The molecule has 0 aromatic heterocycles. The van der Waals surface area contributed by atoms with Crippen molar-refractivity contribution in [3.8, 4) is 6.07 Å². The van der Waals surface area contributed by atoms with E-state index in [1.807, 2.05) is 37.3 Å². The van der Waals surface area contributed by atoms with Gasteiger partial charge in [-0.15, -0.1) is 0 Å². The largest absolute Gasteiger partial charge is 0.321 e. The highest BCUT2D eigenvalue weighted by Crippen LogP contribution is 2.20. The van der Waals surface area contributed by atoms with Gasteiger partial charge in [0.15, 0.2) is 0 Å². The molecule has 0 heterocycles. The number of carbonyl (C=O) groups is 1. The first kappa shape index (κ1) is 16.7. The maximum absolute atomic E-state index is 13.1. The van der Waals surface area contributed by atoms with E-state index in [-0.39, 0.29) is 10.6 Å². The molecule has 2 aromatic carbocycles. The van der Waals surface area contributed by atoms with Gasteiger partial charge in [-0.2, -0.15) is 5.26 Å². The minimum Gasteiger partial charge on any atom is -0.321 e. The Morgan fingerprint density at radius 2 is 2.00 bits per heavy atom. The highest BCUT2D eigenvalue weighted by atomic mass is 35.5. The number of amides is 1. The molecule has 2 rings (SSSR count). The third kappa shape index (κ3) is 4.41. The van der Waals surface area contributed by atoms with Crippen molar-refractivity contribution in [3.63, 3.8) is 0 Å². The molecule has 0 aliphatic heterocycles. The third-order valence-electron chi connectivity index (χ3n) is 3.24. The molecule has 5 heteroatoms. The molecule has 0 atom stereocenters. The molecule has 0 aliphatic rings. The summed E-state index contributed by atoms with van der Waals surface area (Å²) in [5.41, 5.74) is 2.20. The molecule has 2 aromatic rings. The first-order chi connectivity index (χ1) is 11.0. The summed E-state index contributed by atoms with van der Waals surface area (Å²) in [5.74, 6) is -1.15. The van der Waals surface area contributed by atoms with Crippen LogP contribution in [0.2, 0.25) is 5.02 Å². The number of benzene rings is 2. The van der Waals surface area contributed by atoms with E-state index in [0.717, 1.165) is 18.1 Å². The molecule has 0 fully saturated rings. The lowest BCUT2D eigenvalue weighted by Crippen LogP contribution is -2.13. The van der Waals surface area contributed by atoms with Gasteiger partial charge in [0.2, 0.25) is 0 Å². The van der Waals surface area contributed by atoms with Crippen molar-refractivity contribution in [2.45, 2.75) is 13.3 Å². The SMILES string of the molecule is CCc1ccc(/C=C(\C#N)C(=O)Nc2ccc(F)c(Cl)c2)cc1. The van der Waals surface area contributed by atoms with E-state index in [0.29, 0.717) is 5.69 Å². The van der Waals surface area contributed by atoms with E-state index in [1.165, 1.54) is 23.8 Å². The van der Waals surface area contributed by atoms with Crippen LogP contribution in [-0.2, 0) is 11.2 Å². The summed E-state index contributed by atoms with van der Waals surface area (Å²) >= 11 is 5.66. The highest BCUT2D eigenvalue weighted by Gasteiger charge is 2.10. The summed E-state index contributed by atoms with van der Waals surface area (Å²) in [7, 11) is 0. The van der Waals surface area contributed by atoms with Crippen molar-refractivity contribution in [3.05, 3.63) is 70.0 Å². The number of nitriles is 1. The van der Waals surface area contributed by atoms with Crippen molar-refractivity contribution in [1.29, 1.82) is 5.26 Å². The number of halogens is 2. The van der Waals surface area contributed by atoms with Gasteiger partial charge in [-0.1, -0.05) is 42.8 Å². The number of aryl methyl sites for hydroxylation is 1. The zero-order chi connectivity index (χ0) is 16.8. The highest BCUT2D eigenvalue weighted by molar-refractivity contribution is 6.31. The second kappa shape index (κ2) is 7.57. The summed E-state index contributed by atoms with van der Waals surface area (Å²) in [4.78, 5) is 12.1. The minimum atomic E-state index is -0.574. The smallest absolute Gasteiger partial charge is 0.266 e. The van der Waals surface area contributed by atoms with Crippen LogP contribution in [0, 0.1) is 17.1 Å². The number of nitrogens with zero attached hydrogens (tertiary/aromatic N) is 1. The molecule has 116 valence electrons. The van der Waals surface area contributed by atoms with Gasteiger partial charge in [-0.3, -0.25) is 4.79 Å². The summed E-state index contributed by atoms with van der Waals surface area (Å²) in [6.45, 7) is 2.05. The predicted molar refractivity (Wildman–Crippen MR) is 89.4 cm³/mol. The molecule has 1 amide bonds. The molecular formula is C18H14ClFN2O. The number of nitrogens with one attached hydrogen (secondary N) is 1. The lowest BCUT2D eigenvalue weighted by atomic mass is 10.1.